The van der Waals surface area contributed by atoms with Crippen molar-refractivity contribution in [1.29, 1.82) is 0 Å². The third kappa shape index (κ3) is 7.27. The standard InChI is InChI=1S/C34H40N2O7/c1-20(2)11-28(32(41)35-19-31(39)40)36-33(42)43-29-9-8-26(25-6-3-21(4-7-25)5-10-30(37)38)15-27(29)34-16-22-12-23(17-34)14-24(13-22)18-34/h3-10,15,20,22-24,28H,11-14,16-19H2,1-2H3,(H,35,41)(H,36,42)(H,37,38)(H,39,40)/b10-5+/t22?,23?,24?,28-,34?/m0/s1. The van der Waals surface area contributed by atoms with Crippen LogP contribution < -0.4 is 15.4 Å². The lowest BCUT2D eigenvalue weighted by Gasteiger charge is -2.57. The van der Waals surface area contributed by atoms with E-state index in [1.165, 1.54) is 19.3 Å². The molecule has 9 nitrogen and oxygen atoms in total. The second-order valence-electron chi connectivity index (χ2n) is 13.0. The Kier molecular flexibility index (Phi) is 8.89. The van der Waals surface area contributed by atoms with E-state index in [1.54, 1.807) is 6.08 Å². The van der Waals surface area contributed by atoms with E-state index >= 15 is 0 Å². The van der Waals surface area contributed by atoms with Gasteiger partial charge < -0.3 is 25.6 Å². The fourth-order valence-electron chi connectivity index (χ4n) is 7.87. The summed E-state index contributed by atoms with van der Waals surface area (Å²) in [5.41, 5.74) is 3.68. The molecule has 4 saturated carbocycles. The molecule has 2 aromatic carbocycles. The Hall–Kier alpha value is -4.14. The highest BCUT2D eigenvalue weighted by Crippen LogP contribution is 2.62. The molecule has 6 rings (SSSR count). The van der Waals surface area contributed by atoms with Crippen LogP contribution in [0.4, 0.5) is 4.79 Å². The maximum atomic E-state index is 13.3. The third-order valence-electron chi connectivity index (χ3n) is 9.18. The lowest BCUT2D eigenvalue weighted by Crippen LogP contribution is -2.50. The van der Waals surface area contributed by atoms with Gasteiger partial charge >= 0.3 is 18.0 Å². The van der Waals surface area contributed by atoms with Crippen LogP contribution in [-0.2, 0) is 19.8 Å². The number of aliphatic carboxylic acids is 2. The van der Waals surface area contributed by atoms with Gasteiger partial charge in [-0.2, -0.15) is 0 Å². The van der Waals surface area contributed by atoms with E-state index < -0.39 is 36.5 Å². The van der Waals surface area contributed by atoms with E-state index in [2.05, 4.69) is 16.7 Å². The minimum Gasteiger partial charge on any atom is -0.480 e. The number of carboxylic acid groups (broad SMARTS) is 2. The highest BCUT2D eigenvalue weighted by Gasteiger charge is 2.52. The van der Waals surface area contributed by atoms with Crippen molar-refractivity contribution in [3.63, 3.8) is 0 Å². The Morgan fingerprint density at radius 1 is 0.930 bits per heavy atom. The summed E-state index contributed by atoms with van der Waals surface area (Å²) in [7, 11) is 0. The number of carboxylic acids is 2. The SMILES string of the molecule is CC(C)C[C@H](NC(=O)Oc1ccc(-c2ccc(/C=C/C(=O)O)cc2)cc1C12CC3CC(CC(C3)C1)C2)C(=O)NCC(=O)O. The van der Waals surface area contributed by atoms with E-state index in [9.17, 15) is 19.2 Å². The van der Waals surface area contributed by atoms with Crippen LogP contribution in [0.5, 0.6) is 5.75 Å². The predicted octanol–water partition coefficient (Wildman–Crippen LogP) is 5.62. The van der Waals surface area contributed by atoms with Gasteiger partial charge in [0.15, 0.2) is 0 Å². The van der Waals surface area contributed by atoms with Crippen molar-refractivity contribution in [3.05, 3.63) is 59.7 Å². The zero-order valence-electron chi connectivity index (χ0n) is 24.7. The van der Waals surface area contributed by atoms with Crippen molar-refractivity contribution in [2.24, 2.45) is 23.7 Å². The highest BCUT2D eigenvalue weighted by atomic mass is 16.6. The number of carbonyl (C=O) groups is 4. The summed E-state index contributed by atoms with van der Waals surface area (Å²) in [6, 6.07) is 12.6. The van der Waals surface area contributed by atoms with Crippen LogP contribution in [0.15, 0.2) is 48.5 Å². The molecule has 4 fully saturated rings. The molecule has 228 valence electrons. The maximum Gasteiger partial charge on any atom is 0.413 e. The monoisotopic (exact) mass is 588 g/mol. The van der Waals surface area contributed by atoms with E-state index in [1.807, 2.05) is 50.2 Å². The minimum atomic E-state index is -1.16. The number of hydrogen-bond donors (Lipinski definition) is 4. The van der Waals surface area contributed by atoms with Gasteiger partial charge in [-0.3, -0.25) is 9.59 Å². The molecule has 4 bridgehead atoms. The molecule has 4 aliphatic rings. The van der Waals surface area contributed by atoms with Gasteiger partial charge in [-0.25, -0.2) is 9.59 Å². The summed E-state index contributed by atoms with van der Waals surface area (Å²) in [5, 5.41) is 22.9. The van der Waals surface area contributed by atoms with Crippen molar-refractivity contribution in [2.45, 2.75) is 70.3 Å². The van der Waals surface area contributed by atoms with Gasteiger partial charge in [-0.1, -0.05) is 44.2 Å². The number of carbonyl (C=O) groups excluding carboxylic acids is 2. The molecule has 0 unspecified atom stereocenters. The average molecular weight is 589 g/mol. The average Bonchev–Trinajstić information content (AvgIpc) is 2.94. The van der Waals surface area contributed by atoms with Gasteiger partial charge in [-0.05, 0) is 109 Å². The largest absolute Gasteiger partial charge is 0.480 e. The molecule has 1 atom stereocenters. The summed E-state index contributed by atoms with van der Waals surface area (Å²) >= 11 is 0. The van der Waals surface area contributed by atoms with Crippen LogP contribution >= 0.6 is 0 Å². The van der Waals surface area contributed by atoms with E-state index in [4.69, 9.17) is 14.9 Å². The van der Waals surface area contributed by atoms with Gasteiger partial charge in [0.2, 0.25) is 5.91 Å². The molecule has 2 amide bonds. The van der Waals surface area contributed by atoms with Gasteiger partial charge in [0.05, 0.1) is 0 Å². The predicted molar refractivity (Wildman–Crippen MR) is 161 cm³/mol. The number of benzene rings is 2. The number of ether oxygens (including phenoxy) is 1. The van der Waals surface area contributed by atoms with Crippen molar-refractivity contribution >= 4 is 30.0 Å². The Balaban J connectivity index is 1.43. The topological polar surface area (TPSA) is 142 Å². The molecule has 4 N–H and O–H groups in total. The lowest BCUT2D eigenvalue weighted by molar-refractivity contribution is -0.138. The molecule has 0 radical (unpaired) electrons. The molecule has 0 spiro atoms. The van der Waals surface area contributed by atoms with Crippen molar-refractivity contribution in [2.75, 3.05) is 6.54 Å². The smallest absolute Gasteiger partial charge is 0.413 e. The summed E-state index contributed by atoms with van der Waals surface area (Å²) in [5.74, 6) is -0.148. The molecule has 4 aliphatic carbocycles. The fourth-order valence-corrected chi connectivity index (χ4v) is 7.87. The molecular formula is C34H40N2O7. The molecule has 0 saturated heterocycles. The minimum absolute atomic E-state index is 0.0776. The zero-order chi connectivity index (χ0) is 30.7. The number of amides is 2. The number of nitrogens with one attached hydrogen (secondary N) is 2. The molecule has 43 heavy (non-hydrogen) atoms. The first kappa shape index (κ1) is 30.3. The van der Waals surface area contributed by atoms with E-state index in [0.717, 1.165) is 47.6 Å². The lowest BCUT2D eigenvalue weighted by atomic mass is 9.48. The second-order valence-corrected chi connectivity index (χ2v) is 13.0. The number of rotatable bonds is 11. The molecule has 0 aliphatic heterocycles. The zero-order valence-corrected chi connectivity index (χ0v) is 24.7. The van der Waals surface area contributed by atoms with Crippen molar-refractivity contribution < 1.29 is 34.1 Å². The molecule has 0 heterocycles. The molecule has 9 heteroatoms. The summed E-state index contributed by atoms with van der Waals surface area (Å²) in [4.78, 5) is 47.8. The van der Waals surface area contributed by atoms with Gasteiger partial charge in [0.25, 0.3) is 0 Å². The van der Waals surface area contributed by atoms with E-state index in [0.29, 0.717) is 29.9 Å². The summed E-state index contributed by atoms with van der Waals surface area (Å²) < 4.78 is 5.98. The number of hydrogen-bond acceptors (Lipinski definition) is 5. The first-order valence-electron chi connectivity index (χ1n) is 15.1. The Morgan fingerprint density at radius 3 is 2.09 bits per heavy atom. The third-order valence-corrected chi connectivity index (χ3v) is 9.18. The highest BCUT2D eigenvalue weighted by molar-refractivity contribution is 5.88. The van der Waals surface area contributed by atoms with Crippen LogP contribution in [0, 0.1) is 23.7 Å². The Bertz CT molecular complexity index is 1380. The first-order chi connectivity index (χ1) is 20.5. The maximum absolute atomic E-state index is 13.3. The normalized spacial score (nSPS) is 24.6. The van der Waals surface area contributed by atoms with Crippen LogP contribution in [0.2, 0.25) is 0 Å². The molecule has 0 aromatic heterocycles. The van der Waals surface area contributed by atoms with Gasteiger partial charge in [0, 0.05) is 11.6 Å². The van der Waals surface area contributed by atoms with Crippen molar-refractivity contribution in [3.8, 4) is 16.9 Å². The van der Waals surface area contributed by atoms with Crippen LogP contribution in [0.25, 0.3) is 17.2 Å². The van der Waals surface area contributed by atoms with Gasteiger partial charge in [-0.15, -0.1) is 0 Å². The summed E-state index contributed by atoms with van der Waals surface area (Å²) in [6.07, 6.45) is 9.24. The van der Waals surface area contributed by atoms with Crippen molar-refractivity contribution in [1.82, 2.24) is 10.6 Å². The molecule has 2 aromatic rings. The molecular weight excluding hydrogens is 548 g/mol. The van der Waals surface area contributed by atoms with Crippen LogP contribution in [-0.4, -0.2) is 46.7 Å². The first-order valence-corrected chi connectivity index (χ1v) is 15.1. The summed E-state index contributed by atoms with van der Waals surface area (Å²) in [6.45, 7) is 3.31. The van der Waals surface area contributed by atoms with E-state index in [-0.39, 0.29) is 11.3 Å². The Morgan fingerprint density at radius 2 is 1.53 bits per heavy atom. The van der Waals surface area contributed by atoms with Crippen LogP contribution in [0.3, 0.4) is 0 Å². The van der Waals surface area contributed by atoms with Crippen LogP contribution in [0.1, 0.15) is 69.9 Å². The second kappa shape index (κ2) is 12.6. The quantitative estimate of drug-likeness (QED) is 0.250. The fraction of sp³-hybridized carbons (Fsp3) is 0.471. The van der Waals surface area contributed by atoms with Gasteiger partial charge in [0.1, 0.15) is 18.3 Å². The Labute approximate surface area is 251 Å².